The van der Waals surface area contributed by atoms with Crippen molar-refractivity contribution in [2.45, 2.75) is 39.8 Å². The van der Waals surface area contributed by atoms with Crippen LogP contribution in [0, 0.1) is 0 Å². The zero-order valence-electron chi connectivity index (χ0n) is 13.1. The Morgan fingerprint density at radius 3 is 2.71 bits per heavy atom. The van der Waals surface area contributed by atoms with Gasteiger partial charge >= 0.3 is 0 Å². The van der Waals surface area contributed by atoms with Crippen molar-refractivity contribution in [3.63, 3.8) is 0 Å². The van der Waals surface area contributed by atoms with Crippen molar-refractivity contribution in [3.05, 3.63) is 29.8 Å². The van der Waals surface area contributed by atoms with E-state index in [1.165, 1.54) is 0 Å². The smallest absolute Gasteiger partial charge is 0.235 e. The van der Waals surface area contributed by atoms with Crippen LogP contribution in [0.15, 0.2) is 24.3 Å². The summed E-state index contributed by atoms with van der Waals surface area (Å²) < 4.78 is 31.8. The molecule has 1 rings (SSSR count). The van der Waals surface area contributed by atoms with Gasteiger partial charge in [-0.1, -0.05) is 19.1 Å². The van der Waals surface area contributed by atoms with Crippen LogP contribution < -0.4 is 10.0 Å². The Morgan fingerprint density at radius 1 is 1.29 bits per heavy atom. The zero-order valence-corrected chi connectivity index (χ0v) is 13.9. The highest BCUT2D eigenvalue weighted by Gasteiger charge is 2.11. The first kappa shape index (κ1) is 17.9. The molecule has 0 aliphatic rings. The molecule has 0 saturated heterocycles. The van der Waals surface area contributed by atoms with E-state index in [-0.39, 0.29) is 18.5 Å². The van der Waals surface area contributed by atoms with E-state index in [2.05, 4.69) is 17.0 Å². The van der Waals surface area contributed by atoms with E-state index in [9.17, 15) is 8.42 Å². The van der Waals surface area contributed by atoms with Crippen molar-refractivity contribution in [1.29, 1.82) is 0 Å². The Bertz CT molecular complexity index is 515. The molecule has 0 radical (unpaired) electrons. The van der Waals surface area contributed by atoms with E-state index >= 15 is 0 Å². The highest BCUT2D eigenvalue weighted by molar-refractivity contribution is 7.92. The fourth-order valence-electron chi connectivity index (χ4n) is 1.78. The average molecular weight is 314 g/mol. The summed E-state index contributed by atoms with van der Waals surface area (Å²) in [6.07, 6.45) is 1.11. The molecular formula is C15H26N2O3S. The molecule has 0 bridgehead atoms. The van der Waals surface area contributed by atoms with Gasteiger partial charge in [0.05, 0.1) is 18.5 Å². The maximum absolute atomic E-state index is 11.9. The molecule has 0 aromatic heterocycles. The summed E-state index contributed by atoms with van der Waals surface area (Å²) in [5.74, 6) is -0.0382. The molecule has 5 nitrogen and oxygen atoms in total. The number of sulfonamides is 1. The Morgan fingerprint density at radius 2 is 2.05 bits per heavy atom. The minimum Gasteiger partial charge on any atom is -0.378 e. The van der Waals surface area contributed by atoms with E-state index in [0.717, 1.165) is 25.1 Å². The highest BCUT2D eigenvalue weighted by Crippen LogP contribution is 2.12. The molecule has 0 atom stereocenters. The summed E-state index contributed by atoms with van der Waals surface area (Å²) in [4.78, 5) is 0. The number of anilines is 1. The van der Waals surface area contributed by atoms with Gasteiger partial charge in [-0.2, -0.15) is 0 Å². The van der Waals surface area contributed by atoms with Crippen LogP contribution in [0.5, 0.6) is 0 Å². The summed E-state index contributed by atoms with van der Waals surface area (Å²) >= 11 is 0. The third-order valence-electron chi connectivity index (χ3n) is 2.76. The van der Waals surface area contributed by atoms with E-state index in [1.807, 2.05) is 32.0 Å². The van der Waals surface area contributed by atoms with Gasteiger partial charge in [0.1, 0.15) is 0 Å². The largest absolute Gasteiger partial charge is 0.378 e. The molecule has 0 aliphatic heterocycles. The number of nitrogens with one attached hydrogen (secondary N) is 2. The van der Waals surface area contributed by atoms with Gasteiger partial charge in [-0.25, -0.2) is 8.42 Å². The third kappa shape index (κ3) is 8.04. The lowest BCUT2D eigenvalue weighted by atomic mass is 10.2. The van der Waals surface area contributed by atoms with Gasteiger partial charge in [0.2, 0.25) is 10.0 Å². The molecule has 1 aromatic rings. The lowest BCUT2D eigenvalue weighted by molar-refractivity contribution is 0.0913. The summed E-state index contributed by atoms with van der Waals surface area (Å²) in [6, 6.07) is 7.43. The van der Waals surface area contributed by atoms with Crippen molar-refractivity contribution in [3.8, 4) is 0 Å². The topological polar surface area (TPSA) is 67.4 Å². The standard InChI is InChI=1S/C15H26N2O3S/c1-4-8-16-12-14-6-5-7-15(11-14)17-21(18,19)10-9-20-13(2)3/h5-7,11,13,16-17H,4,8-10,12H2,1-3H3. The van der Waals surface area contributed by atoms with Crippen LogP contribution in [0.25, 0.3) is 0 Å². The van der Waals surface area contributed by atoms with Gasteiger partial charge in [0.15, 0.2) is 0 Å². The maximum atomic E-state index is 11.9. The summed E-state index contributed by atoms with van der Waals surface area (Å²) in [5, 5.41) is 3.29. The molecule has 0 amide bonds. The Hall–Kier alpha value is -1.11. The number of rotatable bonds is 10. The van der Waals surface area contributed by atoms with Crippen LogP contribution in [0.1, 0.15) is 32.8 Å². The molecule has 1 aromatic carbocycles. The third-order valence-corrected chi connectivity index (χ3v) is 4.01. The van der Waals surface area contributed by atoms with Gasteiger partial charge in [-0.15, -0.1) is 0 Å². The summed E-state index contributed by atoms with van der Waals surface area (Å²) in [5.41, 5.74) is 1.65. The lowest BCUT2D eigenvalue weighted by Gasteiger charge is -2.11. The number of ether oxygens (including phenoxy) is 1. The fraction of sp³-hybridized carbons (Fsp3) is 0.600. The molecule has 6 heteroatoms. The van der Waals surface area contributed by atoms with Crippen molar-refractivity contribution in [2.24, 2.45) is 0 Å². The molecule has 120 valence electrons. The Kier molecular flexibility index (Phi) is 7.71. The van der Waals surface area contributed by atoms with Crippen LogP contribution in [0.2, 0.25) is 0 Å². The van der Waals surface area contributed by atoms with E-state index < -0.39 is 10.0 Å². The second-order valence-electron chi connectivity index (χ2n) is 5.22. The second-order valence-corrected chi connectivity index (χ2v) is 7.06. The molecule has 0 fully saturated rings. The van der Waals surface area contributed by atoms with Crippen LogP contribution in [0.4, 0.5) is 5.69 Å². The Labute approximate surface area is 128 Å². The van der Waals surface area contributed by atoms with E-state index in [4.69, 9.17) is 4.74 Å². The van der Waals surface area contributed by atoms with Crippen molar-refractivity contribution >= 4 is 15.7 Å². The van der Waals surface area contributed by atoms with Crippen molar-refractivity contribution < 1.29 is 13.2 Å². The predicted octanol–water partition coefficient (Wildman–Crippen LogP) is 2.35. The first-order valence-electron chi connectivity index (χ1n) is 7.34. The minimum atomic E-state index is -3.37. The number of benzene rings is 1. The molecule has 0 aliphatic carbocycles. The van der Waals surface area contributed by atoms with Gasteiger partial charge in [-0.05, 0) is 44.5 Å². The molecule has 0 unspecified atom stereocenters. The van der Waals surface area contributed by atoms with Crippen molar-refractivity contribution in [2.75, 3.05) is 23.6 Å². The Balaban J connectivity index is 2.54. The predicted molar refractivity (Wildman–Crippen MR) is 86.9 cm³/mol. The lowest BCUT2D eigenvalue weighted by Crippen LogP contribution is -2.21. The fourth-order valence-corrected chi connectivity index (χ4v) is 2.68. The van der Waals surface area contributed by atoms with E-state index in [1.54, 1.807) is 6.07 Å². The number of hydrogen-bond acceptors (Lipinski definition) is 4. The summed E-state index contributed by atoms with van der Waals surface area (Å²) in [6.45, 7) is 7.75. The average Bonchev–Trinajstić information content (AvgIpc) is 2.38. The minimum absolute atomic E-state index is 0.0353. The van der Waals surface area contributed by atoms with Gasteiger partial charge in [-0.3, -0.25) is 4.72 Å². The molecule has 0 saturated carbocycles. The van der Waals surface area contributed by atoms with Crippen molar-refractivity contribution in [1.82, 2.24) is 5.32 Å². The van der Waals surface area contributed by atoms with Crippen LogP contribution in [-0.2, 0) is 21.3 Å². The van der Waals surface area contributed by atoms with Gasteiger partial charge in [0, 0.05) is 12.2 Å². The quantitative estimate of drug-likeness (QED) is 0.651. The monoisotopic (exact) mass is 314 g/mol. The SMILES string of the molecule is CCCNCc1cccc(NS(=O)(=O)CCOC(C)C)c1. The number of hydrogen-bond donors (Lipinski definition) is 2. The molecule has 2 N–H and O–H groups in total. The van der Waals surface area contributed by atoms with E-state index in [0.29, 0.717) is 5.69 Å². The van der Waals surface area contributed by atoms with Gasteiger partial charge in [0.25, 0.3) is 0 Å². The highest BCUT2D eigenvalue weighted by atomic mass is 32.2. The zero-order chi connectivity index (χ0) is 15.7. The molecule has 0 spiro atoms. The first-order valence-corrected chi connectivity index (χ1v) is 9.00. The van der Waals surface area contributed by atoms with Gasteiger partial charge < -0.3 is 10.1 Å². The molecular weight excluding hydrogens is 288 g/mol. The normalized spacial score (nSPS) is 11.8. The van der Waals surface area contributed by atoms with Crippen LogP contribution in [-0.4, -0.2) is 33.4 Å². The molecule has 0 heterocycles. The van der Waals surface area contributed by atoms with Crippen LogP contribution in [0.3, 0.4) is 0 Å². The maximum Gasteiger partial charge on any atom is 0.235 e. The first-order chi connectivity index (χ1) is 9.93. The molecule has 21 heavy (non-hydrogen) atoms. The van der Waals surface area contributed by atoms with Crippen LogP contribution >= 0.6 is 0 Å². The second kappa shape index (κ2) is 9.02. The summed E-state index contributed by atoms with van der Waals surface area (Å²) in [7, 11) is -3.37.